The fourth-order valence-electron chi connectivity index (χ4n) is 1.21. The number of aryl methyl sites for hydroxylation is 1. The molecule has 0 radical (unpaired) electrons. The Hall–Kier alpha value is -1.03. The Morgan fingerprint density at radius 1 is 1.60 bits per heavy atom. The molecule has 82 valence electrons. The molecule has 0 aromatic heterocycles. The zero-order valence-electron chi connectivity index (χ0n) is 8.66. The van der Waals surface area contributed by atoms with Crippen LogP contribution in [0.3, 0.4) is 0 Å². The van der Waals surface area contributed by atoms with Gasteiger partial charge in [-0.25, -0.2) is 4.79 Å². The molecular formula is C11H13BrO3. The first-order valence-electron chi connectivity index (χ1n) is 4.70. The molecule has 1 aromatic carbocycles. The lowest BCUT2D eigenvalue weighted by atomic mass is 10.2. The van der Waals surface area contributed by atoms with Gasteiger partial charge in [-0.3, -0.25) is 0 Å². The van der Waals surface area contributed by atoms with Gasteiger partial charge >= 0.3 is 5.97 Å². The molecule has 3 nitrogen and oxygen atoms in total. The average Bonchev–Trinajstić information content (AvgIpc) is 2.16. The lowest BCUT2D eigenvalue weighted by Crippen LogP contribution is -2.26. The van der Waals surface area contributed by atoms with Crippen molar-refractivity contribution in [2.24, 2.45) is 0 Å². The monoisotopic (exact) mass is 272 g/mol. The summed E-state index contributed by atoms with van der Waals surface area (Å²) in [6.45, 7) is 3.67. The predicted molar refractivity (Wildman–Crippen MR) is 61.2 cm³/mol. The zero-order chi connectivity index (χ0) is 11.4. The highest BCUT2D eigenvalue weighted by molar-refractivity contribution is 9.10. The fourth-order valence-corrected chi connectivity index (χ4v) is 1.68. The summed E-state index contributed by atoms with van der Waals surface area (Å²) in [6.07, 6.45) is -0.324. The largest absolute Gasteiger partial charge is 0.479 e. The Morgan fingerprint density at radius 3 is 2.73 bits per heavy atom. The highest BCUT2D eigenvalue weighted by Gasteiger charge is 2.17. The SMILES string of the molecule is CCC(Oc1ccc(Br)cc1C)C(=O)O. The summed E-state index contributed by atoms with van der Waals surface area (Å²) in [5, 5.41) is 8.85. The number of carboxylic acid groups (broad SMARTS) is 1. The summed E-state index contributed by atoms with van der Waals surface area (Å²) in [4.78, 5) is 10.8. The van der Waals surface area contributed by atoms with Crippen LogP contribution >= 0.6 is 15.9 Å². The third-order valence-electron chi connectivity index (χ3n) is 2.05. The maximum atomic E-state index is 10.8. The minimum atomic E-state index is -0.931. The van der Waals surface area contributed by atoms with Crippen LogP contribution in [0.1, 0.15) is 18.9 Å². The minimum absolute atomic E-state index is 0.449. The van der Waals surface area contributed by atoms with Crippen molar-refractivity contribution in [3.8, 4) is 5.75 Å². The summed E-state index contributed by atoms with van der Waals surface area (Å²) in [7, 11) is 0. The molecule has 0 aliphatic heterocycles. The van der Waals surface area contributed by atoms with Crippen LogP contribution in [0.15, 0.2) is 22.7 Å². The fraction of sp³-hybridized carbons (Fsp3) is 0.364. The number of carboxylic acids is 1. The van der Waals surface area contributed by atoms with E-state index in [0.29, 0.717) is 12.2 Å². The summed E-state index contributed by atoms with van der Waals surface area (Å²) >= 11 is 3.34. The van der Waals surface area contributed by atoms with Crippen molar-refractivity contribution in [2.45, 2.75) is 26.4 Å². The normalized spacial score (nSPS) is 12.2. The van der Waals surface area contributed by atoms with Gasteiger partial charge in [-0.2, -0.15) is 0 Å². The first-order valence-corrected chi connectivity index (χ1v) is 5.49. The first kappa shape index (κ1) is 12.0. The van der Waals surface area contributed by atoms with E-state index in [-0.39, 0.29) is 0 Å². The Morgan fingerprint density at radius 2 is 2.27 bits per heavy atom. The maximum absolute atomic E-state index is 10.8. The Kier molecular flexibility index (Phi) is 4.15. The van der Waals surface area contributed by atoms with Crippen LogP contribution in [0.5, 0.6) is 5.75 Å². The van der Waals surface area contributed by atoms with Crippen molar-refractivity contribution in [3.05, 3.63) is 28.2 Å². The van der Waals surface area contributed by atoms with Crippen LogP contribution in [0.2, 0.25) is 0 Å². The molecule has 15 heavy (non-hydrogen) atoms. The summed E-state index contributed by atoms with van der Waals surface area (Å²) in [5.41, 5.74) is 0.920. The smallest absolute Gasteiger partial charge is 0.344 e. The molecule has 0 bridgehead atoms. The van der Waals surface area contributed by atoms with Gasteiger partial charge in [0.1, 0.15) is 5.75 Å². The predicted octanol–water partition coefficient (Wildman–Crippen LogP) is 3.00. The van der Waals surface area contributed by atoms with Crippen molar-refractivity contribution in [2.75, 3.05) is 0 Å². The second-order valence-corrected chi connectivity index (χ2v) is 4.18. The van der Waals surface area contributed by atoms with Gasteiger partial charge in [-0.1, -0.05) is 22.9 Å². The topological polar surface area (TPSA) is 46.5 Å². The standard InChI is InChI=1S/C11H13BrO3/c1-3-9(11(13)14)15-10-5-4-8(12)6-7(10)2/h4-6,9H,3H2,1-2H3,(H,13,14). The van der Waals surface area contributed by atoms with Gasteiger partial charge in [0, 0.05) is 4.47 Å². The molecular weight excluding hydrogens is 260 g/mol. The van der Waals surface area contributed by atoms with Crippen LogP contribution in [-0.2, 0) is 4.79 Å². The molecule has 0 saturated carbocycles. The molecule has 0 amide bonds. The lowest BCUT2D eigenvalue weighted by Gasteiger charge is -2.15. The summed E-state index contributed by atoms with van der Waals surface area (Å²) in [6, 6.07) is 5.49. The maximum Gasteiger partial charge on any atom is 0.344 e. The highest BCUT2D eigenvalue weighted by Crippen LogP contribution is 2.23. The van der Waals surface area contributed by atoms with E-state index in [0.717, 1.165) is 10.0 Å². The molecule has 0 aliphatic carbocycles. The van der Waals surface area contributed by atoms with Crippen LogP contribution < -0.4 is 4.74 Å². The van der Waals surface area contributed by atoms with Gasteiger partial charge in [-0.15, -0.1) is 0 Å². The van der Waals surface area contributed by atoms with E-state index in [4.69, 9.17) is 9.84 Å². The van der Waals surface area contributed by atoms with E-state index in [1.807, 2.05) is 19.1 Å². The average molecular weight is 273 g/mol. The van der Waals surface area contributed by atoms with Crippen molar-refractivity contribution < 1.29 is 14.6 Å². The number of rotatable bonds is 4. The van der Waals surface area contributed by atoms with E-state index in [1.54, 1.807) is 13.0 Å². The van der Waals surface area contributed by atoms with Crippen molar-refractivity contribution >= 4 is 21.9 Å². The first-order chi connectivity index (χ1) is 7.04. The van der Waals surface area contributed by atoms with Crippen LogP contribution in [0.4, 0.5) is 0 Å². The number of hydrogen-bond acceptors (Lipinski definition) is 2. The summed E-state index contributed by atoms with van der Waals surface area (Å²) in [5.74, 6) is -0.313. The van der Waals surface area contributed by atoms with Gasteiger partial charge in [0.25, 0.3) is 0 Å². The van der Waals surface area contributed by atoms with E-state index >= 15 is 0 Å². The number of halogens is 1. The van der Waals surface area contributed by atoms with Crippen LogP contribution in [-0.4, -0.2) is 17.2 Å². The zero-order valence-corrected chi connectivity index (χ0v) is 10.2. The quantitative estimate of drug-likeness (QED) is 0.917. The number of aliphatic carboxylic acids is 1. The number of benzene rings is 1. The molecule has 0 aliphatic rings. The van der Waals surface area contributed by atoms with E-state index in [9.17, 15) is 4.79 Å². The summed E-state index contributed by atoms with van der Waals surface area (Å²) < 4.78 is 6.34. The third kappa shape index (κ3) is 3.23. The van der Waals surface area contributed by atoms with Crippen molar-refractivity contribution in [1.82, 2.24) is 0 Å². The van der Waals surface area contributed by atoms with Crippen molar-refractivity contribution in [3.63, 3.8) is 0 Å². The number of ether oxygens (including phenoxy) is 1. The van der Waals surface area contributed by atoms with Gasteiger partial charge in [0.2, 0.25) is 0 Å². The molecule has 1 unspecified atom stereocenters. The Bertz CT molecular complexity index is 363. The Balaban J connectivity index is 2.84. The second-order valence-electron chi connectivity index (χ2n) is 3.26. The molecule has 1 N–H and O–H groups in total. The lowest BCUT2D eigenvalue weighted by molar-refractivity contribution is -0.145. The van der Waals surface area contributed by atoms with E-state index in [2.05, 4.69) is 15.9 Å². The van der Waals surface area contributed by atoms with Gasteiger partial charge in [0.05, 0.1) is 0 Å². The van der Waals surface area contributed by atoms with Crippen LogP contribution in [0, 0.1) is 6.92 Å². The van der Waals surface area contributed by atoms with Gasteiger partial charge < -0.3 is 9.84 Å². The molecule has 0 fully saturated rings. The highest BCUT2D eigenvalue weighted by atomic mass is 79.9. The molecule has 4 heteroatoms. The van der Waals surface area contributed by atoms with Crippen molar-refractivity contribution in [1.29, 1.82) is 0 Å². The molecule has 1 rings (SSSR count). The second kappa shape index (κ2) is 5.16. The Labute approximate surface area is 97.2 Å². The number of carbonyl (C=O) groups is 1. The third-order valence-corrected chi connectivity index (χ3v) is 2.55. The molecule has 1 aromatic rings. The van der Waals surface area contributed by atoms with Crippen LogP contribution in [0.25, 0.3) is 0 Å². The molecule has 1 atom stereocenters. The van der Waals surface area contributed by atoms with E-state index < -0.39 is 12.1 Å². The van der Waals surface area contributed by atoms with Gasteiger partial charge in [-0.05, 0) is 37.1 Å². The molecule has 0 spiro atoms. The van der Waals surface area contributed by atoms with Gasteiger partial charge in [0.15, 0.2) is 6.10 Å². The molecule has 0 saturated heterocycles. The number of hydrogen-bond donors (Lipinski definition) is 1. The van der Waals surface area contributed by atoms with E-state index in [1.165, 1.54) is 0 Å². The molecule has 0 heterocycles. The minimum Gasteiger partial charge on any atom is -0.479 e.